The molecule has 26 heavy (non-hydrogen) atoms. The van der Waals surface area contributed by atoms with Crippen LogP contribution in [-0.4, -0.2) is 6.61 Å². The highest BCUT2D eigenvalue weighted by molar-refractivity contribution is 5.66. The first-order chi connectivity index (χ1) is 12.8. The summed E-state index contributed by atoms with van der Waals surface area (Å²) in [4.78, 5) is 0. The van der Waals surface area contributed by atoms with Crippen molar-refractivity contribution < 1.29 is 4.74 Å². The predicted molar refractivity (Wildman–Crippen MR) is 115 cm³/mol. The highest BCUT2D eigenvalue weighted by Gasteiger charge is 2.15. The molecule has 0 spiro atoms. The Morgan fingerprint density at radius 3 is 2.19 bits per heavy atom. The van der Waals surface area contributed by atoms with E-state index in [1.165, 1.54) is 89.0 Å². The molecule has 1 unspecified atom stereocenters. The van der Waals surface area contributed by atoms with E-state index in [1.54, 1.807) is 5.57 Å². The van der Waals surface area contributed by atoms with E-state index in [9.17, 15) is 0 Å². The van der Waals surface area contributed by atoms with Crippen LogP contribution in [0.2, 0.25) is 0 Å². The molecule has 0 amide bonds. The van der Waals surface area contributed by atoms with Crippen LogP contribution >= 0.6 is 0 Å². The monoisotopic (exact) mass is 356 g/mol. The lowest BCUT2D eigenvalue weighted by Crippen LogP contribution is -2.05. The number of hydrogen-bond donors (Lipinski definition) is 0. The van der Waals surface area contributed by atoms with Gasteiger partial charge < -0.3 is 4.74 Å². The van der Waals surface area contributed by atoms with Crippen LogP contribution in [0.1, 0.15) is 103 Å². The fourth-order valence-corrected chi connectivity index (χ4v) is 3.93. The van der Waals surface area contributed by atoms with Crippen LogP contribution in [-0.2, 0) is 0 Å². The Morgan fingerprint density at radius 1 is 0.846 bits per heavy atom. The van der Waals surface area contributed by atoms with Gasteiger partial charge in [-0.2, -0.15) is 0 Å². The van der Waals surface area contributed by atoms with Gasteiger partial charge in [0.25, 0.3) is 0 Å². The topological polar surface area (TPSA) is 9.23 Å². The minimum absolute atomic E-state index is 0.849. The molecule has 1 atom stereocenters. The maximum Gasteiger partial charge on any atom is 0.119 e. The third-order valence-corrected chi connectivity index (χ3v) is 5.73. The van der Waals surface area contributed by atoms with Crippen LogP contribution in [0.4, 0.5) is 0 Å². The zero-order chi connectivity index (χ0) is 18.5. The van der Waals surface area contributed by atoms with E-state index in [4.69, 9.17) is 4.74 Å². The summed E-state index contributed by atoms with van der Waals surface area (Å²) in [5, 5.41) is 0. The fraction of sp³-hybridized carbons (Fsp3) is 0.680. The second-order valence-electron chi connectivity index (χ2n) is 8.01. The zero-order valence-electron chi connectivity index (χ0n) is 17.3. The molecule has 0 fully saturated rings. The van der Waals surface area contributed by atoms with Crippen molar-refractivity contribution >= 4 is 5.57 Å². The molecule has 0 bridgehead atoms. The largest absolute Gasteiger partial charge is 0.494 e. The summed E-state index contributed by atoms with van der Waals surface area (Å²) in [5.41, 5.74) is 2.94. The minimum atomic E-state index is 0.849. The summed E-state index contributed by atoms with van der Waals surface area (Å²) in [5.74, 6) is 1.94. The van der Waals surface area contributed by atoms with Crippen LogP contribution in [0.5, 0.6) is 5.75 Å². The van der Waals surface area contributed by atoms with E-state index in [1.807, 2.05) is 0 Å². The highest BCUT2D eigenvalue weighted by atomic mass is 16.5. The van der Waals surface area contributed by atoms with Crippen molar-refractivity contribution in [2.24, 2.45) is 5.92 Å². The van der Waals surface area contributed by atoms with Crippen molar-refractivity contribution in [1.29, 1.82) is 0 Å². The molecule has 146 valence electrons. The number of benzene rings is 1. The standard InChI is InChI=1S/C25H40O/c1-3-5-7-9-10-12-22-13-15-23(16-14-22)24-17-19-25(20-18-24)26-21-11-8-6-4-2/h15,17-20,22H,3-14,16,21H2,1-2H3. The van der Waals surface area contributed by atoms with Crippen molar-refractivity contribution in [3.8, 4) is 5.75 Å². The Morgan fingerprint density at radius 2 is 1.54 bits per heavy atom. The molecule has 1 aliphatic carbocycles. The van der Waals surface area contributed by atoms with Crippen LogP contribution < -0.4 is 4.74 Å². The summed E-state index contributed by atoms with van der Waals surface area (Å²) in [6, 6.07) is 8.79. The van der Waals surface area contributed by atoms with Gasteiger partial charge in [-0.3, -0.25) is 0 Å². The van der Waals surface area contributed by atoms with Gasteiger partial charge >= 0.3 is 0 Å². The number of hydrogen-bond acceptors (Lipinski definition) is 1. The second-order valence-corrected chi connectivity index (χ2v) is 8.01. The van der Waals surface area contributed by atoms with Gasteiger partial charge in [-0.05, 0) is 54.9 Å². The van der Waals surface area contributed by atoms with Crippen LogP contribution in [0.3, 0.4) is 0 Å². The van der Waals surface area contributed by atoms with Crippen molar-refractivity contribution in [1.82, 2.24) is 0 Å². The van der Waals surface area contributed by atoms with Crippen molar-refractivity contribution in [2.45, 2.75) is 97.3 Å². The van der Waals surface area contributed by atoms with E-state index in [0.29, 0.717) is 0 Å². The van der Waals surface area contributed by atoms with Gasteiger partial charge in [-0.15, -0.1) is 0 Å². The minimum Gasteiger partial charge on any atom is -0.494 e. The Balaban J connectivity index is 1.69. The summed E-state index contributed by atoms with van der Waals surface area (Å²) >= 11 is 0. The van der Waals surface area contributed by atoms with E-state index in [0.717, 1.165) is 18.3 Å². The fourth-order valence-electron chi connectivity index (χ4n) is 3.93. The average Bonchev–Trinajstić information content (AvgIpc) is 2.69. The smallest absolute Gasteiger partial charge is 0.119 e. The molecule has 0 radical (unpaired) electrons. The molecular formula is C25H40O. The molecule has 0 N–H and O–H groups in total. The summed E-state index contributed by atoms with van der Waals surface area (Å²) in [6.07, 6.45) is 19.9. The number of unbranched alkanes of at least 4 members (excludes halogenated alkanes) is 7. The van der Waals surface area contributed by atoms with Gasteiger partial charge in [0.1, 0.15) is 5.75 Å². The van der Waals surface area contributed by atoms with Gasteiger partial charge in [0.15, 0.2) is 0 Å². The van der Waals surface area contributed by atoms with E-state index in [-0.39, 0.29) is 0 Å². The van der Waals surface area contributed by atoms with Crippen LogP contribution in [0.15, 0.2) is 30.3 Å². The normalized spacial score (nSPS) is 17.2. The zero-order valence-corrected chi connectivity index (χ0v) is 17.3. The maximum atomic E-state index is 5.86. The summed E-state index contributed by atoms with van der Waals surface area (Å²) in [6.45, 7) is 5.39. The molecule has 1 aliphatic rings. The van der Waals surface area contributed by atoms with Gasteiger partial charge in [-0.1, -0.05) is 89.8 Å². The third kappa shape index (κ3) is 7.98. The molecule has 2 rings (SSSR count). The lowest BCUT2D eigenvalue weighted by molar-refractivity contribution is 0.305. The first-order valence-electron chi connectivity index (χ1n) is 11.3. The molecule has 0 heterocycles. The van der Waals surface area contributed by atoms with Crippen molar-refractivity contribution in [2.75, 3.05) is 6.61 Å². The van der Waals surface area contributed by atoms with Crippen molar-refractivity contribution in [3.05, 3.63) is 35.9 Å². The Hall–Kier alpha value is -1.24. The first kappa shape index (κ1) is 21.1. The summed E-state index contributed by atoms with van der Waals surface area (Å²) < 4.78 is 5.86. The molecule has 0 aliphatic heterocycles. The first-order valence-corrected chi connectivity index (χ1v) is 11.3. The van der Waals surface area contributed by atoms with Gasteiger partial charge in [-0.25, -0.2) is 0 Å². The van der Waals surface area contributed by atoms with Gasteiger partial charge in [0.05, 0.1) is 6.61 Å². The molecule has 1 nitrogen and oxygen atoms in total. The Bertz CT molecular complexity index is 499. The SMILES string of the molecule is CCCCCCCC1CC=C(c2ccc(OCCCCCC)cc2)CC1. The molecule has 1 aromatic rings. The number of rotatable bonds is 13. The van der Waals surface area contributed by atoms with Crippen molar-refractivity contribution in [3.63, 3.8) is 0 Å². The van der Waals surface area contributed by atoms with E-state index >= 15 is 0 Å². The third-order valence-electron chi connectivity index (χ3n) is 5.73. The van der Waals surface area contributed by atoms with Gasteiger partial charge in [0.2, 0.25) is 0 Å². The number of ether oxygens (including phenoxy) is 1. The highest BCUT2D eigenvalue weighted by Crippen LogP contribution is 2.33. The molecule has 1 aromatic carbocycles. The van der Waals surface area contributed by atoms with Gasteiger partial charge in [0, 0.05) is 0 Å². The predicted octanol–water partition coefficient (Wildman–Crippen LogP) is 8.19. The van der Waals surface area contributed by atoms with E-state index in [2.05, 4.69) is 44.2 Å². The molecule has 0 saturated heterocycles. The molecule has 0 aromatic heterocycles. The van der Waals surface area contributed by atoms with E-state index < -0.39 is 0 Å². The Labute approximate surface area is 162 Å². The quantitative estimate of drug-likeness (QED) is 0.324. The molecular weight excluding hydrogens is 316 g/mol. The maximum absolute atomic E-state index is 5.86. The van der Waals surface area contributed by atoms with Crippen LogP contribution in [0.25, 0.3) is 5.57 Å². The lowest BCUT2D eigenvalue weighted by Gasteiger charge is -2.22. The summed E-state index contributed by atoms with van der Waals surface area (Å²) in [7, 11) is 0. The average molecular weight is 357 g/mol. The number of allylic oxidation sites excluding steroid dienone is 2. The molecule has 0 saturated carbocycles. The molecule has 1 heteroatoms. The second kappa shape index (κ2) is 13.0. The lowest BCUT2D eigenvalue weighted by atomic mass is 9.84. The van der Waals surface area contributed by atoms with Crippen LogP contribution in [0, 0.1) is 5.92 Å². The Kier molecular flexibility index (Phi) is 10.5.